The van der Waals surface area contributed by atoms with Crippen LogP contribution in [-0.2, 0) is 9.59 Å². The molecule has 0 saturated carbocycles. The molecule has 3 rings (SSSR count). The summed E-state index contributed by atoms with van der Waals surface area (Å²) in [7, 11) is 0. The average molecular weight is 382 g/mol. The summed E-state index contributed by atoms with van der Waals surface area (Å²) in [6.07, 6.45) is 6.42. The van der Waals surface area contributed by atoms with Crippen molar-refractivity contribution < 1.29 is 9.59 Å². The second-order valence-electron chi connectivity index (χ2n) is 6.52. The number of amides is 2. The van der Waals surface area contributed by atoms with Crippen LogP contribution < -0.4 is 10.6 Å². The van der Waals surface area contributed by atoms with Crippen LogP contribution in [0.2, 0.25) is 0 Å². The molecule has 0 aliphatic rings. The Morgan fingerprint density at radius 3 is 1.66 bits per heavy atom. The molecule has 0 unspecified atom stereocenters. The Balaban J connectivity index is 1.69. The molecule has 0 aliphatic heterocycles. The van der Waals surface area contributed by atoms with Crippen LogP contribution in [0.15, 0.2) is 91.0 Å². The maximum Gasteiger partial charge on any atom is 0.248 e. The first kappa shape index (κ1) is 19.8. The molecule has 3 aromatic carbocycles. The summed E-state index contributed by atoms with van der Waals surface area (Å²) in [5.41, 5.74) is 3.94. The van der Waals surface area contributed by atoms with Gasteiger partial charge in [-0.1, -0.05) is 66.7 Å². The molecule has 0 radical (unpaired) electrons. The Hall–Kier alpha value is -3.92. The summed E-state index contributed by atoms with van der Waals surface area (Å²) in [5, 5.41) is 5.66. The van der Waals surface area contributed by atoms with Gasteiger partial charge in [0.1, 0.15) is 0 Å². The van der Waals surface area contributed by atoms with E-state index in [-0.39, 0.29) is 11.8 Å². The lowest BCUT2D eigenvalue weighted by Crippen LogP contribution is -2.13. The minimum atomic E-state index is -0.270. The molecule has 29 heavy (non-hydrogen) atoms. The fraction of sp³-hybridized carbons (Fsp3) is 0.0400. The first-order valence-electron chi connectivity index (χ1n) is 9.29. The van der Waals surface area contributed by atoms with Crippen molar-refractivity contribution in [1.29, 1.82) is 0 Å². The van der Waals surface area contributed by atoms with Crippen LogP contribution >= 0.6 is 0 Å². The van der Waals surface area contributed by atoms with Crippen LogP contribution in [0.1, 0.15) is 16.7 Å². The quantitative estimate of drug-likeness (QED) is 0.569. The summed E-state index contributed by atoms with van der Waals surface area (Å²) in [6.45, 7) is 1.93. The fourth-order valence-electron chi connectivity index (χ4n) is 2.69. The molecule has 4 nitrogen and oxygen atoms in total. The number of hydrogen-bond acceptors (Lipinski definition) is 2. The van der Waals surface area contributed by atoms with Gasteiger partial charge < -0.3 is 10.6 Å². The Kier molecular flexibility index (Phi) is 6.74. The van der Waals surface area contributed by atoms with Gasteiger partial charge in [-0.25, -0.2) is 0 Å². The zero-order valence-electron chi connectivity index (χ0n) is 16.1. The van der Waals surface area contributed by atoms with Gasteiger partial charge in [0.25, 0.3) is 0 Å². The van der Waals surface area contributed by atoms with Crippen molar-refractivity contribution in [2.75, 3.05) is 10.6 Å². The molecule has 2 N–H and O–H groups in total. The van der Waals surface area contributed by atoms with Gasteiger partial charge in [0.2, 0.25) is 11.8 Å². The van der Waals surface area contributed by atoms with E-state index in [1.165, 1.54) is 12.2 Å². The van der Waals surface area contributed by atoms with E-state index in [0.717, 1.165) is 16.7 Å². The molecule has 4 heteroatoms. The molecule has 0 heterocycles. The van der Waals surface area contributed by atoms with Crippen LogP contribution in [0.5, 0.6) is 0 Å². The van der Waals surface area contributed by atoms with E-state index in [0.29, 0.717) is 11.4 Å². The van der Waals surface area contributed by atoms with E-state index in [1.807, 2.05) is 79.7 Å². The Morgan fingerprint density at radius 1 is 0.655 bits per heavy atom. The predicted molar refractivity (Wildman–Crippen MR) is 119 cm³/mol. The molecule has 0 bridgehead atoms. The summed E-state index contributed by atoms with van der Waals surface area (Å²) in [4.78, 5) is 24.6. The van der Waals surface area contributed by atoms with Gasteiger partial charge in [-0.15, -0.1) is 0 Å². The van der Waals surface area contributed by atoms with E-state index >= 15 is 0 Å². The van der Waals surface area contributed by atoms with Gasteiger partial charge in [0.15, 0.2) is 0 Å². The summed E-state index contributed by atoms with van der Waals surface area (Å²) < 4.78 is 0. The SMILES string of the molecule is Cc1ccc(NC(=O)/C=C/c2ccccc2)c(NC(=O)/C=C/c2ccccc2)c1. The lowest BCUT2D eigenvalue weighted by atomic mass is 10.1. The highest BCUT2D eigenvalue weighted by molar-refractivity contribution is 6.08. The van der Waals surface area contributed by atoms with E-state index in [4.69, 9.17) is 0 Å². The smallest absolute Gasteiger partial charge is 0.248 e. The van der Waals surface area contributed by atoms with E-state index in [1.54, 1.807) is 18.2 Å². The topological polar surface area (TPSA) is 58.2 Å². The fourth-order valence-corrected chi connectivity index (χ4v) is 2.69. The monoisotopic (exact) mass is 382 g/mol. The largest absolute Gasteiger partial charge is 0.321 e. The maximum atomic E-state index is 12.3. The van der Waals surface area contributed by atoms with Gasteiger partial charge in [-0.05, 0) is 47.9 Å². The Bertz CT molecular complexity index is 1040. The number of rotatable bonds is 6. The first-order valence-corrected chi connectivity index (χ1v) is 9.29. The van der Waals surface area contributed by atoms with Gasteiger partial charge in [0.05, 0.1) is 11.4 Å². The van der Waals surface area contributed by atoms with E-state index in [9.17, 15) is 9.59 Å². The number of benzene rings is 3. The first-order chi connectivity index (χ1) is 14.1. The van der Waals surface area contributed by atoms with E-state index in [2.05, 4.69) is 10.6 Å². The second-order valence-corrected chi connectivity index (χ2v) is 6.52. The highest BCUT2D eigenvalue weighted by Gasteiger charge is 2.08. The van der Waals surface area contributed by atoms with Crippen LogP contribution in [0, 0.1) is 6.92 Å². The number of nitrogens with one attached hydrogen (secondary N) is 2. The third kappa shape index (κ3) is 6.33. The molecule has 0 saturated heterocycles. The molecular weight excluding hydrogens is 360 g/mol. The van der Waals surface area contributed by atoms with Crippen molar-refractivity contribution in [3.8, 4) is 0 Å². The highest BCUT2D eigenvalue weighted by atomic mass is 16.2. The zero-order valence-corrected chi connectivity index (χ0v) is 16.1. The molecule has 0 aromatic heterocycles. The molecule has 3 aromatic rings. The van der Waals surface area contributed by atoms with Gasteiger partial charge in [-0.2, -0.15) is 0 Å². The lowest BCUT2D eigenvalue weighted by Gasteiger charge is -2.11. The number of aryl methyl sites for hydroxylation is 1. The lowest BCUT2D eigenvalue weighted by molar-refractivity contribution is -0.112. The van der Waals surface area contributed by atoms with Gasteiger partial charge in [0, 0.05) is 12.2 Å². The molecule has 144 valence electrons. The molecule has 0 aliphatic carbocycles. The van der Waals surface area contributed by atoms with Crippen LogP contribution in [0.25, 0.3) is 12.2 Å². The summed E-state index contributed by atoms with van der Waals surface area (Å²) >= 11 is 0. The number of carbonyl (C=O) groups excluding carboxylic acids is 2. The third-order valence-electron chi connectivity index (χ3n) is 4.14. The maximum absolute atomic E-state index is 12.3. The minimum Gasteiger partial charge on any atom is -0.321 e. The number of carbonyl (C=O) groups is 2. The van der Waals surface area contributed by atoms with Crippen molar-refractivity contribution in [2.24, 2.45) is 0 Å². The van der Waals surface area contributed by atoms with Crippen molar-refractivity contribution >= 4 is 35.3 Å². The Morgan fingerprint density at radius 2 is 1.14 bits per heavy atom. The summed E-state index contributed by atoms with van der Waals surface area (Å²) in [6, 6.07) is 24.6. The molecule has 0 spiro atoms. The Labute approximate surface area is 170 Å². The minimum absolute atomic E-state index is 0.269. The van der Waals surface area contributed by atoms with Gasteiger partial charge >= 0.3 is 0 Å². The van der Waals surface area contributed by atoms with E-state index < -0.39 is 0 Å². The molecule has 0 fully saturated rings. The molecule has 2 amide bonds. The highest BCUT2D eigenvalue weighted by Crippen LogP contribution is 2.23. The molecular formula is C25H22N2O2. The second kappa shape index (κ2) is 9.85. The van der Waals surface area contributed by atoms with Crippen molar-refractivity contribution in [3.63, 3.8) is 0 Å². The van der Waals surface area contributed by atoms with Crippen molar-refractivity contribution in [3.05, 3.63) is 108 Å². The van der Waals surface area contributed by atoms with Crippen molar-refractivity contribution in [1.82, 2.24) is 0 Å². The van der Waals surface area contributed by atoms with Gasteiger partial charge in [-0.3, -0.25) is 9.59 Å². The van der Waals surface area contributed by atoms with Crippen LogP contribution in [0.4, 0.5) is 11.4 Å². The number of hydrogen-bond donors (Lipinski definition) is 2. The average Bonchev–Trinajstić information content (AvgIpc) is 2.74. The van der Waals surface area contributed by atoms with Crippen LogP contribution in [-0.4, -0.2) is 11.8 Å². The van der Waals surface area contributed by atoms with Crippen molar-refractivity contribution in [2.45, 2.75) is 6.92 Å². The summed E-state index contributed by atoms with van der Waals surface area (Å²) in [5.74, 6) is -0.539. The third-order valence-corrected chi connectivity index (χ3v) is 4.14. The number of anilines is 2. The zero-order chi connectivity index (χ0) is 20.5. The standard InChI is InChI=1S/C25H22N2O2/c1-19-12-15-22(26-24(28)16-13-20-8-4-2-5-9-20)23(18-19)27-25(29)17-14-21-10-6-3-7-11-21/h2-18H,1H3,(H,26,28)(H,27,29)/b16-13+,17-14+. The predicted octanol–water partition coefficient (Wildman–Crippen LogP) is 5.30. The molecule has 0 atom stereocenters. The van der Waals surface area contributed by atoms with Crippen LogP contribution in [0.3, 0.4) is 0 Å². The normalized spacial score (nSPS) is 10.9.